The predicted molar refractivity (Wildman–Crippen MR) is 127 cm³/mol. The van der Waals surface area contributed by atoms with E-state index in [1.807, 2.05) is 48.9 Å². The fraction of sp³-hybridized carbons (Fsp3) is 0.217. The Balaban J connectivity index is 1.26. The summed E-state index contributed by atoms with van der Waals surface area (Å²) in [6.45, 7) is 3.96. The molecule has 4 aromatic rings. The number of hydrogen-bond acceptors (Lipinski definition) is 7. The number of halogens is 1. The average Bonchev–Trinajstić information content (AvgIpc) is 3.39. The van der Waals surface area contributed by atoms with E-state index in [1.54, 1.807) is 24.3 Å². The largest absolute Gasteiger partial charge is 0.484 e. The Morgan fingerprint density at radius 3 is 2.64 bits per heavy atom. The molecule has 2 aromatic heterocycles. The molecule has 0 spiro atoms. The average molecular weight is 484 g/mol. The molecule has 33 heavy (non-hydrogen) atoms. The first kappa shape index (κ1) is 22.9. The van der Waals surface area contributed by atoms with Gasteiger partial charge in [-0.1, -0.05) is 41.6 Å². The van der Waals surface area contributed by atoms with E-state index < -0.39 is 0 Å². The van der Waals surface area contributed by atoms with Gasteiger partial charge in [0.15, 0.2) is 6.61 Å². The highest BCUT2D eigenvalue weighted by Crippen LogP contribution is 2.24. The van der Waals surface area contributed by atoms with E-state index in [2.05, 4.69) is 20.6 Å². The number of carbonyl (C=O) groups excluding carboxylic acids is 1. The Bertz CT molecular complexity index is 1220. The Labute approximate surface area is 200 Å². The number of nitrogens with zero attached hydrogens (tertiary/aromatic N) is 4. The van der Waals surface area contributed by atoms with Crippen molar-refractivity contribution in [3.8, 4) is 11.4 Å². The van der Waals surface area contributed by atoms with Crippen molar-refractivity contribution in [3.05, 3.63) is 76.9 Å². The lowest BCUT2D eigenvalue weighted by molar-refractivity contribution is -0.115. The van der Waals surface area contributed by atoms with Gasteiger partial charge in [0.1, 0.15) is 5.75 Å². The number of para-hydroxylation sites is 1. The van der Waals surface area contributed by atoms with E-state index >= 15 is 0 Å². The van der Waals surface area contributed by atoms with Crippen LogP contribution in [0.5, 0.6) is 5.75 Å². The molecule has 0 atom stereocenters. The lowest BCUT2D eigenvalue weighted by Gasteiger charge is -2.07. The second-order valence-corrected chi connectivity index (χ2v) is 8.63. The number of hydrogen-bond donors (Lipinski definition) is 1. The van der Waals surface area contributed by atoms with Gasteiger partial charge in [-0.25, -0.2) is 4.68 Å². The Morgan fingerprint density at radius 1 is 1.12 bits per heavy atom. The maximum absolute atomic E-state index is 12.5. The van der Waals surface area contributed by atoms with Crippen molar-refractivity contribution in [2.24, 2.45) is 0 Å². The van der Waals surface area contributed by atoms with Gasteiger partial charge in [0.2, 0.25) is 5.91 Å². The molecule has 2 aromatic carbocycles. The van der Waals surface area contributed by atoms with Crippen LogP contribution in [-0.2, 0) is 11.4 Å². The third kappa shape index (κ3) is 5.94. The van der Waals surface area contributed by atoms with E-state index in [9.17, 15) is 4.79 Å². The molecular formula is C23H22ClN5O3S. The zero-order valence-corrected chi connectivity index (χ0v) is 19.7. The molecule has 1 amide bonds. The highest BCUT2D eigenvalue weighted by Gasteiger charge is 2.16. The Hall–Kier alpha value is -3.30. The van der Waals surface area contributed by atoms with Crippen LogP contribution >= 0.6 is 23.4 Å². The van der Waals surface area contributed by atoms with Crippen molar-refractivity contribution in [1.29, 1.82) is 0 Å². The van der Waals surface area contributed by atoms with Crippen LogP contribution in [0.3, 0.4) is 0 Å². The number of aromatic nitrogens is 4. The summed E-state index contributed by atoms with van der Waals surface area (Å²) in [7, 11) is 0. The molecular weight excluding hydrogens is 462 g/mol. The molecule has 4 rings (SSSR count). The zero-order valence-electron chi connectivity index (χ0n) is 18.1. The van der Waals surface area contributed by atoms with Crippen LogP contribution in [-0.4, -0.2) is 31.6 Å². The number of aryl methyl sites for hydroxylation is 1. The molecule has 0 aliphatic rings. The molecule has 0 saturated carbocycles. The lowest BCUT2D eigenvalue weighted by Crippen LogP contribution is -2.13. The van der Waals surface area contributed by atoms with Crippen molar-refractivity contribution in [2.45, 2.75) is 32.1 Å². The fourth-order valence-corrected chi connectivity index (χ4v) is 3.95. The highest BCUT2D eigenvalue weighted by molar-refractivity contribution is 7.99. The molecule has 0 bridgehead atoms. The highest BCUT2D eigenvalue weighted by atomic mass is 35.5. The number of thioether (sulfide) groups is 1. The first-order chi connectivity index (χ1) is 16.0. The summed E-state index contributed by atoms with van der Waals surface area (Å²) in [5.41, 5.74) is 3.32. The summed E-state index contributed by atoms with van der Waals surface area (Å²) in [6, 6.07) is 16.8. The van der Waals surface area contributed by atoms with Gasteiger partial charge in [-0.05, 0) is 50.2 Å². The van der Waals surface area contributed by atoms with Crippen molar-refractivity contribution in [3.63, 3.8) is 0 Å². The summed E-state index contributed by atoms with van der Waals surface area (Å²) < 4.78 is 13.0. The second kappa shape index (κ2) is 10.5. The van der Waals surface area contributed by atoms with Gasteiger partial charge in [0, 0.05) is 17.2 Å². The van der Waals surface area contributed by atoms with Crippen molar-refractivity contribution < 1.29 is 13.9 Å². The third-order valence-corrected chi connectivity index (χ3v) is 5.81. The molecule has 2 heterocycles. The summed E-state index contributed by atoms with van der Waals surface area (Å²) in [6.07, 6.45) is 0.291. The predicted octanol–water partition coefficient (Wildman–Crippen LogP) is 5.23. The van der Waals surface area contributed by atoms with E-state index in [0.717, 1.165) is 22.8 Å². The van der Waals surface area contributed by atoms with Crippen LogP contribution in [0.15, 0.2) is 64.2 Å². The van der Waals surface area contributed by atoms with Gasteiger partial charge >= 0.3 is 0 Å². The summed E-state index contributed by atoms with van der Waals surface area (Å²) in [4.78, 5) is 12.5. The number of carbonyl (C=O) groups is 1. The van der Waals surface area contributed by atoms with Crippen LogP contribution in [0.4, 0.5) is 5.69 Å². The quantitative estimate of drug-likeness (QED) is 0.326. The SMILES string of the molecule is Cc1nn(-c2ccccc2)c(C)c1NC(=O)CCSc1nnc(COc2ccc(Cl)cc2)o1. The maximum Gasteiger partial charge on any atom is 0.276 e. The summed E-state index contributed by atoms with van der Waals surface area (Å²) >= 11 is 7.18. The molecule has 0 radical (unpaired) electrons. The van der Waals surface area contributed by atoms with E-state index in [-0.39, 0.29) is 12.5 Å². The second-order valence-electron chi connectivity index (χ2n) is 7.14. The van der Waals surface area contributed by atoms with E-state index in [4.69, 9.17) is 20.8 Å². The number of rotatable bonds is 9. The minimum absolute atomic E-state index is 0.105. The monoisotopic (exact) mass is 483 g/mol. The lowest BCUT2D eigenvalue weighted by atomic mass is 10.3. The van der Waals surface area contributed by atoms with Gasteiger partial charge in [0.05, 0.1) is 22.8 Å². The number of ether oxygens (including phenoxy) is 1. The first-order valence-corrected chi connectivity index (χ1v) is 11.6. The Morgan fingerprint density at radius 2 is 1.88 bits per heavy atom. The normalized spacial score (nSPS) is 10.9. The van der Waals surface area contributed by atoms with Crippen LogP contribution in [0.25, 0.3) is 5.69 Å². The van der Waals surface area contributed by atoms with Crippen molar-refractivity contribution in [2.75, 3.05) is 11.1 Å². The van der Waals surface area contributed by atoms with Crippen LogP contribution in [0.2, 0.25) is 5.02 Å². The topological polar surface area (TPSA) is 95.1 Å². The fourth-order valence-electron chi connectivity index (χ4n) is 3.11. The summed E-state index contributed by atoms with van der Waals surface area (Å²) in [5.74, 6) is 1.41. The number of benzene rings is 2. The number of anilines is 1. The minimum Gasteiger partial charge on any atom is -0.484 e. The maximum atomic E-state index is 12.5. The molecule has 0 aliphatic carbocycles. The van der Waals surface area contributed by atoms with Gasteiger partial charge in [-0.3, -0.25) is 4.79 Å². The van der Waals surface area contributed by atoms with E-state index in [0.29, 0.717) is 34.1 Å². The summed E-state index contributed by atoms with van der Waals surface area (Å²) in [5, 5.41) is 16.5. The number of amides is 1. The standard InChI is InChI=1S/C23H22ClN5O3S/c1-15-22(16(2)29(28-15)18-6-4-3-5-7-18)25-20(30)12-13-33-23-27-26-21(32-23)14-31-19-10-8-17(24)9-11-19/h3-11H,12-14H2,1-2H3,(H,25,30). The molecule has 0 saturated heterocycles. The smallest absolute Gasteiger partial charge is 0.276 e. The van der Waals surface area contributed by atoms with Gasteiger partial charge in [-0.2, -0.15) is 5.10 Å². The van der Waals surface area contributed by atoms with Crippen LogP contribution in [0.1, 0.15) is 23.7 Å². The first-order valence-electron chi connectivity index (χ1n) is 10.2. The molecule has 10 heteroatoms. The molecule has 0 aliphatic heterocycles. The van der Waals surface area contributed by atoms with Gasteiger partial charge in [0.25, 0.3) is 11.1 Å². The van der Waals surface area contributed by atoms with Crippen LogP contribution in [0, 0.1) is 13.8 Å². The molecule has 8 nitrogen and oxygen atoms in total. The van der Waals surface area contributed by atoms with E-state index in [1.165, 1.54) is 11.8 Å². The van der Waals surface area contributed by atoms with Crippen molar-refractivity contribution >= 4 is 35.0 Å². The minimum atomic E-state index is -0.105. The molecule has 0 unspecified atom stereocenters. The Kier molecular flexibility index (Phi) is 7.31. The van der Waals surface area contributed by atoms with Gasteiger partial charge in [-0.15, -0.1) is 10.2 Å². The van der Waals surface area contributed by atoms with Gasteiger partial charge < -0.3 is 14.5 Å². The van der Waals surface area contributed by atoms with Crippen LogP contribution < -0.4 is 10.1 Å². The zero-order chi connectivity index (χ0) is 23.2. The molecule has 0 fully saturated rings. The van der Waals surface area contributed by atoms with Crippen molar-refractivity contribution in [1.82, 2.24) is 20.0 Å². The number of nitrogens with one attached hydrogen (secondary N) is 1. The molecule has 1 N–H and O–H groups in total. The third-order valence-electron chi connectivity index (χ3n) is 4.74. The molecule has 170 valence electrons.